The number of carbonyl (C=O) groups excluding carboxylic acids is 4. The van der Waals surface area contributed by atoms with E-state index < -0.39 is 10.8 Å². The van der Waals surface area contributed by atoms with Crippen molar-refractivity contribution in [3.63, 3.8) is 0 Å². The van der Waals surface area contributed by atoms with Crippen molar-refractivity contribution in [3.8, 4) is 0 Å². The topological polar surface area (TPSA) is 86.7 Å². The Bertz CT molecular complexity index is 681. The highest BCUT2D eigenvalue weighted by Gasteiger charge is 2.65. The van der Waals surface area contributed by atoms with E-state index in [9.17, 15) is 19.2 Å². The van der Waals surface area contributed by atoms with Gasteiger partial charge in [-0.15, -0.1) is 0 Å². The first-order valence-electron chi connectivity index (χ1n) is 10.9. The molecule has 0 radical (unpaired) electrons. The summed E-state index contributed by atoms with van der Waals surface area (Å²) in [6, 6.07) is 0. The van der Waals surface area contributed by atoms with Gasteiger partial charge in [-0.25, -0.2) is 0 Å². The lowest BCUT2D eigenvalue weighted by Gasteiger charge is -2.56. The molecule has 28 heavy (non-hydrogen) atoms. The average Bonchev–Trinajstić information content (AvgIpc) is 2.61. The Balaban J connectivity index is 1.38. The molecule has 6 heteroatoms. The molecule has 0 N–H and O–H groups in total. The molecule has 0 unspecified atom stereocenters. The van der Waals surface area contributed by atoms with Crippen LogP contribution in [0.1, 0.15) is 64.2 Å². The highest BCUT2D eigenvalue weighted by molar-refractivity contribution is 5.93. The highest BCUT2D eigenvalue weighted by atomic mass is 16.5. The van der Waals surface area contributed by atoms with Crippen molar-refractivity contribution < 1.29 is 28.7 Å². The predicted octanol–water partition coefficient (Wildman–Crippen LogP) is 2.62. The van der Waals surface area contributed by atoms with Crippen LogP contribution in [-0.2, 0) is 28.7 Å². The summed E-state index contributed by atoms with van der Waals surface area (Å²) in [4.78, 5) is 50.9. The molecule has 0 aromatic carbocycles. The summed E-state index contributed by atoms with van der Waals surface area (Å²) < 4.78 is 11.3. The summed E-state index contributed by atoms with van der Waals surface area (Å²) in [5.74, 6) is -0.487. The summed E-state index contributed by atoms with van der Waals surface area (Å²) in [5, 5.41) is 0. The SMILES string of the molecule is O=C1CCC[C@]23C[C@H](CCOC(=O)[C@]45CCCC(=O)[C@H]4[C@H](CCOC2=O)C5)[C@@H]13. The van der Waals surface area contributed by atoms with Gasteiger partial charge in [-0.05, 0) is 63.2 Å². The number of hydrogen-bond donors (Lipinski definition) is 0. The smallest absolute Gasteiger partial charge is 0.312 e. The van der Waals surface area contributed by atoms with Crippen LogP contribution in [0.5, 0.6) is 0 Å². The minimum atomic E-state index is -0.655. The monoisotopic (exact) mass is 388 g/mol. The van der Waals surface area contributed by atoms with Crippen molar-refractivity contribution >= 4 is 23.5 Å². The molecular weight excluding hydrogens is 360 g/mol. The quantitative estimate of drug-likeness (QED) is 0.593. The summed E-state index contributed by atoms with van der Waals surface area (Å²) in [5.41, 5.74) is -1.31. The lowest BCUT2D eigenvalue weighted by atomic mass is 9.47. The Morgan fingerprint density at radius 3 is 1.54 bits per heavy atom. The molecule has 1 aliphatic heterocycles. The van der Waals surface area contributed by atoms with E-state index in [2.05, 4.69) is 0 Å². The zero-order chi connectivity index (χ0) is 19.5. The average molecular weight is 388 g/mol. The maximum absolute atomic E-state index is 12.9. The van der Waals surface area contributed by atoms with Gasteiger partial charge in [0.2, 0.25) is 0 Å². The fraction of sp³-hybridized carbons (Fsp3) is 0.818. The molecular formula is C22H28O6. The Kier molecular flexibility index (Phi) is 4.18. The normalized spacial score (nSPS) is 46.0. The second-order valence-electron chi connectivity index (χ2n) is 9.68. The number of hydrogen-bond acceptors (Lipinski definition) is 6. The van der Waals surface area contributed by atoms with Gasteiger partial charge in [0.25, 0.3) is 0 Å². The maximum Gasteiger partial charge on any atom is 0.312 e. The second kappa shape index (κ2) is 6.39. The molecule has 1 heterocycles. The maximum atomic E-state index is 12.9. The number of ether oxygens (including phenoxy) is 2. The van der Waals surface area contributed by atoms with Gasteiger partial charge in [0.15, 0.2) is 0 Å². The van der Waals surface area contributed by atoms with Gasteiger partial charge in [0.05, 0.1) is 24.0 Å². The lowest BCUT2D eigenvalue weighted by molar-refractivity contribution is -0.196. The van der Waals surface area contributed by atoms with Gasteiger partial charge in [-0.3, -0.25) is 19.2 Å². The zero-order valence-electron chi connectivity index (χ0n) is 16.2. The number of cyclic esters (lactones) is 2. The fourth-order valence-electron chi connectivity index (χ4n) is 7.19. The molecule has 0 aromatic heterocycles. The van der Waals surface area contributed by atoms with E-state index >= 15 is 0 Å². The van der Waals surface area contributed by atoms with Gasteiger partial charge in [0, 0.05) is 24.7 Å². The summed E-state index contributed by atoms with van der Waals surface area (Å²) in [7, 11) is 0. The van der Waals surface area contributed by atoms with Crippen LogP contribution in [0.25, 0.3) is 0 Å². The minimum Gasteiger partial charge on any atom is -0.465 e. The molecule has 1 spiro atoms. The van der Waals surface area contributed by atoms with Crippen LogP contribution in [0.3, 0.4) is 0 Å². The van der Waals surface area contributed by atoms with Crippen LogP contribution < -0.4 is 0 Å². The third-order valence-corrected chi connectivity index (χ3v) is 8.43. The van der Waals surface area contributed by atoms with Gasteiger partial charge < -0.3 is 9.47 Å². The zero-order valence-corrected chi connectivity index (χ0v) is 16.2. The van der Waals surface area contributed by atoms with Crippen LogP contribution in [0.4, 0.5) is 0 Å². The number of ketones is 2. The van der Waals surface area contributed by atoms with Gasteiger partial charge in [0.1, 0.15) is 11.6 Å². The molecule has 5 rings (SSSR count). The Morgan fingerprint density at radius 2 is 1.11 bits per heavy atom. The van der Waals surface area contributed by atoms with Crippen LogP contribution in [0, 0.1) is 34.5 Å². The predicted molar refractivity (Wildman–Crippen MR) is 96.9 cm³/mol. The van der Waals surface area contributed by atoms with E-state index in [-0.39, 0.29) is 60.4 Å². The molecule has 152 valence electrons. The third kappa shape index (κ3) is 2.38. The number of esters is 2. The van der Waals surface area contributed by atoms with Crippen LogP contribution in [-0.4, -0.2) is 36.7 Å². The summed E-state index contributed by atoms with van der Waals surface area (Å²) in [6.07, 6.45) is 6.52. The van der Waals surface area contributed by atoms with Crippen LogP contribution >= 0.6 is 0 Å². The van der Waals surface area contributed by atoms with Gasteiger partial charge >= 0.3 is 11.9 Å². The minimum absolute atomic E-state index is 0.0894. The molecule has 4 bridgehead atoms. The van der Waals surface area contributed by atoms with E-state index in [1.54, 1.807) is 0 Å². The Hall–Kier alpha value is -1.72. The van der Waals surface area contributed by atoms with E-state index in [4.69, 9.17) is 9.47 Å². The standard InChI is InChI=1S/C22H28O6/c23-15-3-1-7-21-11-13(17(15)21)5-10-28-20(26)22-8-2-4-16(24)18(22)14(12-22)6-9-27-19(21)25/h13-14,17-18H,1-12H2/t13-,14+,17-,18+,21+,22-. The Morgan fingerprint density at radius 1 is 0.679 bits per heavy atom. The van der Waals surface area contributed by atoms with E-state index in [1.165, 1.54) is 0 Å². The Labute approximate surface area is 164 Å². The first-order chi connectivity index (χ1) is 13.5. The molecule has 6 atom stereocenters. The largest absolute Gasteiger partial charge is 0.465 e. The molecule has 4 saturated carbocycles. The van der Waals surface area contributed by atoms with Crippen molar-refractivity contribution in [3.05, 3.63) is 0 Å². The second-order valence-corrected chi connectivity index (χ2v) is 9.68. The van der Waals surface area contributed by atoms with Crippen molar-refractivity contribution in [2.24, 2.45) is 34.5 Å². The molecule has 1 saturated heterocycles. The third-order valence-electron chi connectivity index (χ3n) is 8.43. The number of fused-ring (bicyclic) bond motifs is 2. The lowest BCUT2D eigenvalue weighted by Crippen LogP contribution is -2.61. The molecule has 5 aliphatic rings. The van der Waals surface area contributed by atoms with E-state index in [0.29, 0.717) is 51.4 Å². The summed E-state index contributed by atoms with van der Waals surface area (Å²) in [6.45, 7) is 0.539. The van der Waals surface area contributed by atoms with Crippen molar-refractivity contribution in [2.75, 3.05) is 13.2 Å². The van der Waals surface area contributed by atoms with Gasteiger partial charge in [-0.1, -0.05) is 0 Å². The first-order valence-corrected chi connectivity index (χ1v) is 10.9. The molecule has 6 nitrogen and oxygen atoms in total. The van der Waals surface area contributed by atoms with Crippen molar-refractivity contribution in [2.45, 2.75) is 64.2 Å². The number of Topliss-reactive ketones (excluding diaryl/α,β-unsaturated/α-hetero) is 2. The first kappa shape index (κ1) is 18.3. The number of carbonyl (C=O) groups is 4. The summed E-state index contributed by atoms with van der Waals surface area (Å²) >= 11 is 0. The molecule has 5 fully saturated rings. The molecule has 0 amide bonds. The number of rotatable bonds is 0. The molecule has 0 aromatic rings. The highest BCUT2D eigenvalue weighted by Crippen LogP contribution is 2.61. The van der Waals surface area contributed by atoms with E-state index in [1.807, 2.05) is 0 Å². The molecule has 4 aliphatic carbocycles. The van der Waals surface area contributed by atoms with Crippen LogP contribution in [0.15, 0.2) is 0 Å². The van der Waals surface area contributed by atoms with Crippen LogP contribution in [0.2, 0.25) is 0 Å². The fourth-order valence-corrected chi connectivity index (χ4v) is 7.19. The van der Waals surface area contributed by atoms with Crippen molar-refractivity contribution in [1.82, 2.24) is 0 Å². The van der Waals surface area contributed by atoms with E-state index in [0.717, 1.165) is 12.8 Å². The van der Waals surface area contributed by atoms with Crippen molar-refractivity contribution in [1.29, 1.82) is 0 Å². The van der Waals surface area contributed by atoms with Gasteiger partial charge in [-0.2, -0.15) is 0 Å².